The molecule has 0 aliphatic heterocycles. The average Bonchev–Trinajstić information content (AvgIpc) is 1.96. The van der Waals surface area contributed by atoms with Gasteiger partial charge in [0.25, 0.3) is 0 Å². The summed E-state index contributed by atoms with van der Waals surface area (Å²) in [7, 11) is 4.48. The van der Waals surface area contributed by atoms with Crippen molar-refractivity contribution < 1.29 is 13.2 Å². The summed E-state index contributed by atoms with van der Waals surface area (Å²) in [5.41, 5.74) is -0.350. The highest BCUT2D eigenvalue weighted by atomic mass is 19.4. The maximum atomic E-state index is 12.2. The lowest BCUT2D eigenvalue weighted by molar-refractivity contribution is -0.0578. The molecule has 0 saturated carbocycles. The lowest BCUT2D eigenvalue weighted by Gasteiger charge is -2.14. The Morgan fingerprint density at radius 2 is 1.77 bits per heavy atom. The zero-order valence-electron chi connectivity index (χ0n) is 8.11. The number of rotatable bonds is 2. The highest BCUT2D eigenvalue weighted by molar-refractivity contribution is 5.99. The van der Waals surface area contributed by atoms with E-state index in [0.29, 0.717) is 5.70 Å². The summed E-state index contributed by atoms with van der Waals surface area (Å²) >= 11 is 0. The predicted molar refractivity (Wildman–Crippen MR) is 46.9 cm³/mol. The molecule has 0 saturated heterocycles. The van der Waals surface area contributed by atoms with Crippen LogP contribution in [0.5, 0.6) is 0 Å². The topological polar surface area (TPSA) is 15.6 Å². The lowest BCUT2D eigenvalue weighted by atomic mass is 10.3. The van der Waals surface area contributed by atoms with Crippen LogP contribution in [0.2, 0.25) is 0 Å². The second kappa shape index (κ2) is 4.30. The van der Waals surface area contributed by atoms with Crippen molar-refractivity contribution in [2.75, 3.05) is 21.1 Å². The van der Waals surface area contributed by atoms with Crippen LogP contribution < -0.4 is 0 Å². The van der Waals surface area contributed by atoms with Crippen LogP contribution in [-0.2, 0) is 0 Å². The first kappa shape index (κ1) is 12.0. The molecule has 0 N–H and O–H groups in total. The number of aliphatic imine (C=N–C) groups is 1. The highest BCUT2D eigenvalue weighted by Crippen LogP contribution is 2.19. The molecule has 0 fully saturated rings. The molecule has 0 aliphatic rings. The van der Waals surface area contributed by atoms with Crippen LogP contribution >= 0.6 is 0 Å². The van der Waals surface area contributed by atoms with E-state index in [1.165, 1.54) is 0 Å². The van der Waals surface area contributed by atoms with E-state index < -0.39 is 11.9 Å². The van der Waals surface area contributed by atoms with E-state index >= 15 is 0 Å². The second-order valence-corrected chi connectivity index (χ2v) is 2.79. The van der Waals surface area contributed by atoms with Gasteiger partial charge in [-0.05, 0) is 13.0 Å². The van der Waals surface area contributed by atoms with E-state index in [1.807, 2.05) is 0 Å². The van der Waals surface area contributed by atoms with Crippen molar-refractivity contribution in [3.8, 4) is 0 Å². The van der Waals surface area contributed by atoms with Crippen LogP contribution in [0.4, 0.5) is 13.2 Å². The van der Waals surface area contributed by atoms with E-state index in [4.69, 9.17) is 0 Å². The van der Waals surface area contributed by atoms with Gasteiger partial charge in [0, 0.05) is 26.8 Å². The molecule has 0 aromatic carbocycles. The number of hydrogen-bond donors (Lipinski definition) is 0. The zero-order chi connectivity index (χ0) is 10.6. The Kier molecular flexibility index (Phi) is 3.97. The third-order valence-corrected chi connectivity index (χ3v) is 1.58. The standard InChI is InChI=1S/C8H13F3N2/c1-6(13(3)4)5-7(12-2)8(9,10)11/h5H,1-4H3. The molecule has 0 amide bonds. The Morgan fingerprint density at radius 3 is 2.00 bits per heavy atom. The van der Waals surface area contributed by atoms with Gasteiger partial charge in [-0.1, -0.05) is 0 Å². The molecule has 0 aromatic rings. The molecule has 0 rings (SSSR count). The molecule has 76 valence electrons. The Morgan fingerprint density at radius 1 is 1.31 bits per heavy atom. The lowest BCUT2D eigenvalue weighted by Crippen LogP contribution is -2.22. The van der Waals surface area contributed by atoms with Crippen LogP contribution in [-0.4, -0.2) is 37.9 Å². The number of allylic oxidation sites excluding steroid dienone is 2. The zero-order valence-corrected chi connectivity index (χ0v) is 8.11. The van der Waals surface area contributed by atoms with Gasteiger partial charge < -0.3 is 4.90 Å². The van der Waals surface area contributed by atoms with Gasteiger partial charge in [-0.3, -0.25) is 4.99 Å². The average molecular weight is 194 g/mol. The summed E-state index contributed by atoms with van der Waals surface area (Å²) in [6, 6.07) is 0. The van der Waals surface area contributed by atoms with Crippen LogP contribution in [0.15, 0.2) is 16.8 Å². The summed E-state index contributed by atoms with van der Waals surface area (Å²) in [6.07, 6.45) is -3.36. The normalized spacial score (nSPS) is 14.7. The summed E-state index contributed by atoms with van der Waals surface area (Å²) in [5.74, 6) is 0. The molecule has 0 aromatic heterocycles. The van der Waals surface area contributed by atoms with Gasteiger partial charge in [0.1, 0.15) is 5.71 Å². The summed E-state index contributed by atoms with van der Waals surface area (Å²) in [4.78, 5) is 4.76. The predicted octanol–water partition coefficient (Wildman–Crippen LogP) is 2.08. The molecule has 0 aliphatic carbocycles. The molecule has 0 radical (unpaired) electrons. The van der Waals surface area contributed by atoms with E-state index in [-0.39, 0.29) is 0 Å². The van der Waals surface area contributed by atoms with Crippen LogP contribution in [0.1, 0.15) is 6.92 Å². The minimum Gasteiger partial charge on any atom is -0.381 e. The molecule has 0 heterocycles. The van der Waals surface area contributed by atoms with E-state index in [1.54, 1.807) is 25.9 Å². The van der Waals surface area contributed by atoms with Gasteiger partial charge in [0.2, 0.25) is 0 Å². The maximum Gasteiger partial charge on any atom is 0.432 e. The van der Waals surface area contributed by atoms with Crippen molar-refractivity contribution in [1.82, 2.24) is 4.90 Å². The number of nitrogens with zero attached hydrogens (tertiary/aromatic N) is 2. The van der Waals surface area contributed by atoms with Crippen molar-refractivity contribution in [3.63, 3.8) is 0 Å². The first-order valence-corrected chi connectivity index (χ1v) is 3.68. The molecular formula is C8H13F3N2. The fourth-order valence-corrected chi connectivity index (χ4v) is 0.600. The minimum atomic E-state index is -4.37. The Labute approximate surface area is 75.8 Å². The van der Waals surface area contributed by atoms with Crippen LogP contribution in [0.3, 0.4) is 0 Å². The minimum absolute atomic E-state index is 0.512. The van der Waals surface area contributed by atoms with Gasteiger partial charge in [-0.25, -0.2) is 0 Å². The first-order chi connectivity index (χ1) is 5.79. The van der Waals surface area contributed by atoms with Gasteiger partial charge in [0.05, 0.1) is 0 Å². The number of alkyl halides is 3. The molecule has 0 atom stereocenters. The number of hydrogen-bond acceptors (Lipinski definition) is 2. The largest absolute Gasteiger partial charge is 0.432 e. The number of halogens is 3. The smallest absolute Gasteiger partial charge is 0.381 e. The Hall–Kier alpha value is -1.00. The third-order valence-electron chi connectivity index (χ3n) is 1.58. The van der Waals surface area contributed by atoms with Crippen molar-refractivity contribution >= 4 is 5.71 Å². The van der Waals surface area contributed by atoms with E-state index in [2.05, 4.69) is 4.99 Å². The van der Waals surface area contributed by atoms with Crippen molar-refractivity contribution in [2.45, 2.75) is 13.1 Å². The fraction of sp³-hybridized carbons (Fsp3) is 0.625. The molecule has 0 spiro atoms. The third kappa shape index (κ3) is 3.96. The fourth-order valence-electron chi connectivity index (χ4n) is 0.600. The van der Waals surface area contributed by atoms with Crippen molar-refractivity contribution in [1.29, 1.82) is 0 Å². The molecule has 2 nitrogen and oxygen atoms in total. The maximum absolute atomic E-state index is 12.2. The quantitative estimate of drug-likeness (QED) is 0.614. The molecule has 0 bridgehead atoms. The Bertz CT molecular complexity index is 226. The van der Waals surface area contributed by atoms with Crippen molar-refractivity contribution in [2.24, 2.45) is 4.99 Å². The SMILES string of the molecule is CN=C(C=C(C)N(C)C)C(F)(F)F. The van der Waals surface area contributed by atoms with Gasteiger partial charge >= 0.3 is 6.18 Å². The van der Waals surface area contributed by atoms with E-state index in [9.17, 15) is 13.2 Å². The van der Waals surface area contributed by atoms with Crippen LogP contribution in [0.25, 0.3) is 0 Å². The molecular weight excluding hydrogens is 181 g/mol. The first-order valence-electron chi connectivity index (χ1n) is 3.68. The van der Waals surface area contributed by atoms with E-state index in [0.717, 1.165) is 13.1 Å². The van der Waals surface area contributed by atoms with Gasteiger partial charge in [0.15, 0.2) is 0 Å². The monoisotopic (exact) mass is 194 g/mol. The van der Waals surface area contributed by atoms with Crippen LogP contribution in [0, 0.1) is 0 Å². The summed E-state index contributed by atoms with van der Waals surface area (Å²) in [5, 5.41) is 0. The summed E-state index contributed by atoms with van der Waals surface area (Å²) < 4.78 is 36.5. The van der Waals surface area contributed by atoms with Gasteiger partial charge in [-0.15, -0.1) is 0 Å². The Balaban J connectivity index is 4.77. The molecule has 0 unspecified atom stereocenters. The second-order valence-electron chi connectivity index (χ2n) is 2.79. The molecule has 5 heteroatoms. The highest BCUT2D eigenvalue weighted by Gasteiger charge is 2.33. The van der Waals surface area contributed by atoms with Gasteiger partial charge in [-0.2, -0.15) is 13.2 Å². The van der Waals surface area contributed by atoms with Crippen molar-refractivity contribution in [3.05, 3.63) is 11.8 Å². The summed E-state index contributed by atoms with van der Waals surface area (Å²) in [6.45, 7) is 1.59. The molecule has 13 heavy (non-hydrogen) atoms.